The molecule has 1 unspecified atom stereocenters. The van der Waals surface area contributed by atoms with Crippen molar-refractivity contribution in [1.29, 1.82) is 0 Å². The van der Waals surface area contributed by atoms with Crippen LogP contribution in [0.4, 0.5) is 0 Å². The minimum atomic E-state index is 0.711. The zero-order valence-electron chi connectivity index (χ0n) is 13.8. The third-order valence-electron chi connectivity index (χ3n) is 4.18. The number of hydrogen-bond donors (Lipinski definition) is 0. The first kappa shape index (κ1) is 17.0. The summed E-state index contributed by atoms with van der Waals surface area (Å²) in [6.45, 7) is 6.81. The Bertz CT molecular complexity index is 489. The second-order valence-corrected chi connectivity index (χ2v) is 8.42. The number of hydrogen-bond acceptors (Lipinski definition) is 2. The summed E-state index contributed by atoms with van der Waals surface area (Å²) in [5.41, 5.74) is 0. The third kappa shape index (κ3) is 5.10. The van der Waals surface area contributed by atoms with Crippen molar-refractivity contribution < 1.29 is 0 Å². The Labute approximate surface area is 138 Å². The van der Waals surface area contributed by atoms with Crippen LogP contribution in [-0.4, -0.2) is 0 Å². The summed E-state index contributed by atoms with van der Waals surface area (Å²) >= 11 is 4.05. The topological polar surface area (TPSA) is 0 Å². The molecule has 0 aliphatic rings. The Hall–Kier alpha value is -0.340. The van der Waals surface area contributed by atoms with Gasteiger partial charge in [0.2, 0.25) is 0 Å². The van der Waals surface area contributed by atoms with Gasteiger partial charge in [-0.3, -0.25) is 0 Å². The molecule has 2 heterocycles. The van der Waals surface area contributed by atoms with Gasteiger partial charge in [-0.2, -0.15) is 0 Å². The fraction of sp³-hybridized carbons (Fsp3) is 0.632. The lowest BCUT2D eigenvalue weighted by Gasteiger charge is -2.07. The van der Waals surface area contributed by atoms with Crippen LogP contribution in [0.25, 0.3) is 9.40 Å². The van der Waals surface area contributed by atoms with Crippen molar-refractivity contribution in [3.63, 3.8) is 0 Å². The highest BCUT2D eigenvalue weighted by atomic mass is 32.1. The molecule has 2 aromatic rings. The van der Waals surface area contributed by atoms with Crippen LogP contribution in [0.1, 0.15) is 81.4 Å². The van der Waals surface area contributed by atoms with Crippen LogP contribution < -0.4 is 0 Å². The lowest BCUT2D eigenvalue weighted by molar-refractivity contribution is 0.634. The zero-order chi connectivity index (χ0) is 15.1. The summed E-state index contributed by atoms with van der Waals surface area (Å²) in [4.78, 5) is 3.17. The molecule has 2 rings (SSSR count). The van der Waals surface area contributed by atoms with Gasteiger partial charge < -0.3 is 0 Å². The first-order valence-electron chi connectivity index (χ1n) is 8.54. The summed E-state index contributed by atoms with van der Waals surface area (Å²) in [6, 6.07) is 4.90. The molecule has 117 valence electrons. The van der Waals surface area contributed by atoms with Crippen molar-refractivity contribution in [2.45, 2.75) is 78.1 Å². The molecule has 2 heteroatoms. The van der Waals surface area contributed by atoms with Gasteiger partial charge in [0.15, 0.2) is 0 Å². The summed E-state index contributed by atoms with van der Waals surface area (Å²) in [5, 5.41) is 0. The van der Waals surface area contributed by atoms with Gasteiger partial charge in [0.05, 0.1) is 0 Å². The molecular weight excluding hydrogens is 292 g/mol. The van der Waals surface area contributed by atoms with Crippen molar-refractivity contribution >= 4 is 32.1 Å². The smallest absolute Gasteiger partial charge is 0.0456 e. The molecule has 0 aliphatic heterocycles. The highest BCUT2D eigenvalue weighted by molar-refractivity contribution is 7.27. The van der Waals surface area contributed by atoms with Crippen LogP contribution in [0.15, 0.2) is 12.1 Å². The average molecular weight is 322 g/mol. The quantitative estimate of drug-likeness (QED) is 0.395. The van der Waals surface area contributed by atoms with Crippen molar-refractivity contribution in [2.75, 3.05) is 0 Å². The molecule has 1 atom stereocenters. The Kier molecular flexibility index (Phi) is 7.25. The summed E-state index contributed by atoms with van der Waals surface area (Å²) in [5.74, 6) is 0.711. The molecule has 2 aromatic heterocycles. The van der Waals surface area contributed by atoms with E-state index in [0.29, 0.717) is 5.92 Å². The lowest BCUT2D eigenvalue weighted by Crippen LogP contribution is -1.89. The summed E-state index contributed by atoms with van der Waals surface area (Å²) in [7, 11) is 0. The fourth-order valence-electron chi connectivity index (χ4n) is 2.73. The van der Waals surface area contributed by atoms with E-state index in [-0.39, 0.29) is 0 Å². The van der Waals surface area contributed by atoms with Gasteiger partial charge in [-0.25, -0.2) is 0 Å². The van der Waals surface area contributed by atoms with E-state index >= 15 is 0 Å². The summed E-state index contributed by atoms with van der Waals surface area (Å²) < 4.78 is 3.04. The van der Waals surface area contributed by atoms with E-state index in [4.69, 9.17) is 0 Å². The zero-order valence-corrected chi connectivity index (χ0v) is 15.4. The molecule has 0 bridgehead atoms. The van der Waals surface area contributed by atoms with Crippen molar-refractivity contribution in [3.05, 3.63) is 28.3 Å². The van der Waals surface area contributed by atoms with Crippen LogP contribution in [0.5, 0.6) is 0 Å². The maximum Gasteiger partial charge on any atom is 0.0456 e. The maximum absolute atomic E-state index is 2.45. The van der Waals surface area contributed by atoms with E-state index in [1.54, 1.807) is 9.75 Å². The molecule has 21 heavy (non-hydrogen) atoms. The normalized spacial score (nSPS) is 13.1. The van der Waals surface area contributed by atoms with Gasteiger partial charge in [-0.1, -0.05) is 46.5 Å². The molecule has 0 nitrogen and oxygen atoms in total. The van der Waals surface area contributed by atoms with E-state index in [0.717, 1.165) is 0 Å². The Balaban J connectivity index is 1.86. The van der Waals surface area contributed by atoms with E-state index < -0.39 is 0 Å². The highest BCUT2D eigenvalue weighted by Gasteiger charge is 2.11. The third-order valence-corrected chi connectivity index (χ3v) is 6.76. The van der Waals surface area contributed by atoms with Crippen molar-refractivity contribution in [2.24, 2.45) is 0 Å². The van der Waals surface area contributed by atoms with E-state index in [1.165, 1.54) is 60.8 Å². The van der Waals surface area contributed by atoms with Crippen LogP contribution in [0, 0.1) is 6.42 Å². The number of unbranched alkanes of at least 4 members (excludes halogenated alkanes) is 5. The first-order chi connectivity index (χ1) is 10.2. The number of aryl methyl sites for hydroxylation is 1. The van der Waals surface area contributed by atoms with Crippen LogP contribution >= 0.6 is 22.7 Å². The number of thiophene rings is 2. The molecule has 0 saturated carbocycles. The standard InChI is InChI=1S/C19H29S2/c1-4-6-8-9-10-12-16-13-18-19(20-16)14-17(21-18)15(3)11-7-5-2/h5,13-15H,4,6-12H2,1-3H3. The van der Waals surface area contributed by atoms with Crippen molar-refractivity contribution in [3.8, 4) is 0 Å². The minimum absolute atomic E-state index is 0.711. The van der Waals surface area contributed by atoms with Gasteiger partial charge in [0.1, 0.15) is 0 Å². The van der Waals surface area contributed by atoms with Gasteiger partial charge in [-0.15, -0.1) is 22.7 Å². The molecule has 0 aromatic carbocycles. The largest absolute Gasteiger partial charge is 0.139 e. The second-order valence-electron chi connectivity index (χ2n) is 6.14. The Morgan fingerprint density at radius 2 is 1.81 bits per heavy atom. The molecule has 0 amide bonds. The monoisotopic (exact) mass is 321 g/mol. The number of rotatable bonds is 10. The van der Waals surface area contributed by atoms with Gasteiger partial charge >= 0.3 is 0 Å². The first-order valence-corrected chi connectivity index (χ1v) is 10.2. The predicted octanol–water partition coefficient (Wildman–Crippen LogP) is 7.58. The Morgan fingerprint density at radius 1 is 1.05 bits per heavy atom. The predicted molar refractivity (Wildman–Crippen MR) is 99.8 cm³/mol. The van der Waals surface area contributed by atoms with Crippen LogP contribution in [-0.2, 0) is 6.42 Å². The molecule has 0 N–H and O–H groups in total. The van der Waals surface area contributed by atoms with E-state index in [1.807, 2.05) is 22.7 Å². The maximum atomic E-state index is 2.45. The molecular formula is C19H29S2. The molecule has 0 saturated heterocycles. The molecule has 0 aliphatic carbocycles. The SMILES string of the molecule is C[CH]CCC(C)c1cc2sc(CCCCCCC)cc2s1. The minimum Gasteiger partial charge on any atom is -0.139 e. The van der Waals surface area contributed by atoms with Gasteiger partial charge in [0, 0.05) is 19.2 Å². The molecule has 0 spiro atoms. The van der Waals surface area contributed by atoms with Crippen LogP contribution in [0.2, 0.25) is 0 Å². The highest BCUT2D eigenvalue weighted by Crippen LogP contribution is 2.38. The average Bonchev–Trinajstić information content (AvgIpc) is 3.02. The van der Waals surface area contributed by atoms with E-state index in [9.17, 15) is 0 Å². The lowest BCUT2D eigenvalue weighted by atomic mass is 10.0. The van der Waals surface area contributed by atoms with Crippen LogP contribution in [0.3, 0.4) is 0 Å². The van der Waals surface area contributed by atoms with Gasteiger partial charge in [-0.05, 0) is 50.2 Å². The summed E-state index contributed by atoms with van der Waals surface area (Å²) in [6.07, 6.45) is 13.0. The molecule has 1 radical (unpaired) electrons. The van der Waals surface area contributed by atoms with E-state index in [2.05, 4.69) is 39.3 Å². The Morgan fingerprint density at radius 3 is 2.52 bits per heavy atom. The number of fused-ring (bicyclic) bond motifs is 1. The van der Waals surface area contributed by atoms with Crippen molar-refractivity contribution in [1.82, 2.24) is 0 Å². The van der Waals surface area contributed by atoms with Gasteiger partial charge in [0.25, 0.3) is 0 Å². The second kappa shape index (κ2) is 8.95. The fourth-order valence-corrected chi connectivity index (χ4v) is 5.29. The molecule has 0 fully saturated rings.